The largest absolute Gasteiger partial charge is 0.494 e. The van der Waals surface area contributed by atoms with Crippen LogP contribution in [-0.2, 0) is 11.3 Å². The maximum Gasteiger partial charge on any atom is 0.191 e. The van der Waals surface area contributed by atoms with Gasteiger partial charge in [0, 0.05) is 26.2 Å². The van der Waals surface area contributed by atoms with Crippen molar-refractivity contribution in [3.63, 3.8) is 0 Å². The summed E-state index contributed by atoms with van der Waals surface area (Å²) in [6, 6.07) is 8.20. The van der Waals surface area contributed by atoms with Crippen molar-refractivity contribution in [2.45, 2.75) is 38.8 Å². The molecule has 1 aromatic rings. The van der Waals surface area contributed by atoms with Gasteiger partial charge in [0.1, 0.15) is 5.75 Å². The maximum atomic E-state index is 5.77. The Morgan fingerprint density at radius 3 is 2.67 bits per heavy atom. The Kier molecular flexibility index (Phi) is 12.4. The van der Waals surface area contributed by atoms with E-state index in [4.69, 9.17) is 9.47 Å². The summed E-state index contributed by atoms with van der Waals surface area (Å²) in [5, 5.41) is 6.66. The highest BCUT2D eigenvalue weighted by atomic mass is 127. The number of nitrogens with one attached hydrogen (secondary N) is 2. The van der Waals surface area contributed by atoms with Crippen LogP contribution in [0, 0.1) is 0 Å². The molecule has 1 heterocycles. The van der Waals surface area contributed by atoms with Crippen LogP contribution in [0.2, 0.25) is 0 Å². The second kappa shape index (κ2) is 14.0. The molecule has 0 amide bonds. The van der Waals surface area contributed by atoms with E-state index in [9.17, 15) is 0 Å². The van der Waals surface area contributed by atoms with Crippen LogP contribution in [0.1, 0.15) is 31.7 Å². The molecular weight excluding hydrogens is 455 g/mol. The lowest BCUT2D eigenvalue weighted by molar-refractivity contribution is 0.114. The molecule has 0 bridgehead atoms. The van der Waals surface area contributed by atoms with Crippen molar-refractivity contribution in [2.24, 2.45) is 4.99 Å². The molecule has 1 aromatic carbocycles. The van der Waals surface area contributed by atoms with Gasteiger partial charge in [0.2, 0.25) is 0 Å². The predicted octanol–water partition coefficient (Wildman–Crippen LogP) is 2.87. The lowest BCUT2D eigenvalue weighted by atomic mass is 10.2. The van der Waals surface area contributed by atoms with Crippen molar-refractivity contribution >= 4 is 29.9 Å². The quantitative estimate of drug-likeness (QED) is 0.229. The standard InChI is InChI=1S/C20H34N4O2.HI/c1-4-21-20(23-16-19-7-5-13-26-19)22-15-17-8-10-18(11-9-17)25-14-6-12-24(2)3;/h8-11,19H,4-7,12-16H2,1-3H3,(H2,21,22,23);1H. The van der Waals surface area contributed by atoms with Gasteiger partial charge in [0.05, 0.1) is 19.3 Å². The van der Waals surface area contributed by atoms with Crippen LogP contribution in [0.4, 0.5) is 0 Å². The van der Waals surface area contributed by atoms with Crippen molar-refractivity contribution in [1.29, 1.82) is 0 Å². The SMILES string of the molecule is CCNC(=NCc1ccc(OCCCN(C)C)cc1)NCC1CCCO1.I. The summed E-state index contributed by atoms with van der Waals surface area (Å²) in [5.74, 6) is 1.76. The number of nitrogens with zero attached hydrogens (tertiary/aromatic N) is 2. The van der Waals surface area contributed by atoms with E-state index in [-0.39, 0.29) is 24.0 Å². The molecular formula is C20H35IN4O2. The molecule has 1 fully saturated rings. The van der Waals surface area contributed by atoms with Crippen LogP contribution in [0.25, 0.3) is 0 Å². The average Bonchev–Trinajstić information content (AvgIpc) is 3.15. The Hall–Kier alpha value is -1.06. The van der Waals surface area contributed by atoms with Crippen LogP contribution in [-0.4, -0.2) is 63.9 Å². The van der Waals surface area contributed by atoms with E-state index in [1.54, 1.807) is 0 Å². The highest BCUT2D eigenvalue weighted by Crippen LogP contribution is 2.13. The van der Waals surface area contributed by atoms with Crippen LogP contribution in [0.15, 0.2) is 29.3 Å². The van der Waals surface area contributed by atoms with Crippen molar-refractivity contribution in [3.05, 3.63) is 29.8 Å². The fourth-order valence-electron chi connectivity index (χ4n) is 2.79. The number of guanidine groups is 1. The second-order valence-corrected chi connectivity index (χ2v) is 6.86. The number of benzene rings is 1. The third-order valence-corrected chi connectivity index (χ3v) is 4.23. The lowest BCUT2D eigenvalue weighted by Gasteiger charge is -2.14. The number of aliphatic imine (C=N–C) groups is 1. The Balaban J connectivity index is 0.00000364. The number of hydrogen-bond donors (Lipinski definition) is 2. The van der Waals surface area contributed by atoms with E-state index in [2.05, 4.69) is 53.7 Å². The van der Waals surface area contributed by atoms with E-state index >= 15 is 0 Å². The average molecular weight is 490 g/mol. The molecule has 0 aliphatic carbocycles. The first kappa shape index (κ1) is 24.0. The van der Waals surface area contributed by atoms with Gasteiger partial charge in [0.15, 0.2) is 5.96 Å². The Morgan fingerprint density at radius 1 is 1.26 bits per heavy atom. The topological polar surface area (TPSA) is 58.1 Å². The van der Waals surface area contributed by atoms with E-state index < -0.39 is 0 Å². The number of ether oxygens (including phenoxy) is 2. The van der Waals surface area contributed by atoms with Crippen LogP contribution >= 0.6 is 24.0 Å². The molecule has 1 aliphatic rings. The summed E-state index contributed by atoms with van der Waals surface area (Å²) in [6.07, 6.45) is 3.62. The molecule has 0 spiro atoms. The molecule has 2 N–H and O–H groups in total. The van der Waals surface area contributed by atoms with Crippen LogP contribution in [0.3, 0.4) is 0 Å². The molecule has 6 nitrogen and oxygen atoms in total. The molecule has 154 valence electrons. The van der Waals surface area contributed by atoms with Gasteiger partial charge in [-0.1, -0.05) is 12.1 Å². The van der Waals surface area contributed by atoms with Crippen molar-refractivity contribution in [1.82, 2.24) is 15.5 Å². The minimum absolute atomic E-state index is 0. The number of halogens is 1. The zero-order valence-electron chi connectivity index (χ0n) is 16.9. The normalized spacial score (nSPS) is 16.9. The first-order valence-corrected chi connectivity index (χ1v) is 9.67. The summed E-state index contributed by atoms with van der Waals surface area (Å²) >= 11 is 0. The Bertz CT molecular complexity index is 531. The molecule has 0 aromatic heterocycles. The second-order valence-electron chi connectivity index (χ2n) is 6.86. The summed E-state index contributed by atoms with van der Waals surface area (Å²) in [6.45, 7) is 7.03. The van der Waals surface area contributed by atoms with Crippen molar-refractivity contribution in [3.8, 4) is 5.75 Å². The van der Waals surface area contributed by atoms with Crippen LogP contribution < -0.4 is 15.4 Å². The molecule has 27 heavy (non-hydrogen) atoms. The van der Waals surface area contributed by atoms with Gasteiger partial charge >= 0.3 is 0 Å². The smallest absolute Gasteiger partial charge is 0.191 e. The van der Waals surface area contributed by atoms with E-state index in [0.717, 1.165) is 63.8 Å². The van der Waals surface area contributed by atoms with Crippen molar-refractivity contribution < 1.29 is 9.47 Å². The molecule has 1 aliphatic heterocycles. The highest BCUT2D eigenvalue weighted by molar-refractivity contribution is 14.0. The van der Waals surface area contributed by atoms with Crippen LogP contribution in [0.5, 0.6) is 5.75 Å². The summed E-state index contributed by atoms with van der Waals surface area (Å²) in [7, 11) is 4.15. The zero-order valence-corrected chi connectivity index (χ0v) is 19.2. The Morgan fingerprint density at radius 2 is 2.04 bits per heavy atom. The van der Waals surface area contributed by atoms with Gasteiger partial charge in [-0.15, -0.1) is 24.0 Å². The molecule has 0 saturated carbocycles. The number of rotatable bonds is 10. The monoisotopic (exact) mass is 490 g/mol. The Labute approximate surface area is 181 Å². The first-order valence-electron chi connectivity index (χ1n) is 9.67. The fraction of sp³-hybridized carbons (Fsp3) is 0.650. The van der Waals surface area contributed by atoms with Gasteiger partial charge in [-0.3, -0.25) is 0 Å². The highest BCUT2D eigenvalue weighted by Gasteiger charge is 2.15. The van der Waals surface area contributed by atoms with E-state index in [0.29, 0.717) is 12.6 Å². The lowest BCUT2D eigenvalue weighted by Crippen LogP contribution is -2.41. The molecule has 7 heteroatoms. The molecule has 1 unspecified atom stereocenters. The zero-order chi connectivity index (χ0) is 18.6. The summed E-state index contributed by atoms with van der Waals surface area (Å²) in [4.78, 5) is 6.83. The van der Waals surface area contributed by atoms with Gasteiger partial charge in [0.25, 0.3) is 0 Å². The summed E-state index contributed by atoms with van der Waals surface area (Å²) < 4.78 is 11.4. The minimum Gasteiger partial charge on any atom is -0.494 e. The van der Waals surface area contributed by atoms with Crippen molar-refractivity contribution in [2.75, 3.05) is 46.9 Å². The fourth-order valence-corrected chi connectivity index (χ4v) is 2.79. The van der Waals surface area contributed by atoms with E-state index in [1.807, 2.05) is 12.1 Å². The third-order valence-electron chi connectivity index (χ3n) is 4.23. The third kappa shape index (κ3) is 10.2. The summed E-state index contributed by atoms with van der Waals surface area (Å²) in [5.41, 5.74) is 1.17. The van der Waals surface area contributed by atoms with Gasteiger partial charge < -0.3 is 25.0 Å². The first-order chi connectivity index (χ1) is 12.7. The van der Waals surface area contributed by atoms with Gasteiger partial charge in [-0.25, -0.2) is 4.99 Å². The number of hydrogen-bond acceptors (Lipinski definition) is 4. The minimum atomic E-state index is 0. The van der Waals surface area contributed by atoms with Gasteiger partial charge in [-0.05, 0) is 58.0 Å². The molecule has 1 atom stereocenters. The maximum absolute atomic E-state index is 5.77. The molecule has 0 radical (unpaired) electrons. The predicted molar refractivity (Wildman–Crippen MR) is 122 cm³/mol. The molecule has 2 rings (SSSR count). The molecule has 1 saturated heterocycles. The van der Waals surface area contributed by atoms with Gasteiger partial charge in [-0.2, -0.15) is 0 Å². The van der Waals surface area contributed by atoms with E-state index in [1.165, 1.54) is 5.56 Å².